The van der Waals surface area contributed by atoms with Crippen LogP contribution in [0.1, 0.15) is 61.8 Å². The molecule has 2 unspecified atom stereocenters. The summed E-state index contributed by atoms with van der Waals surface area (Å²) in [5, 5.41) is 0. The predicted octanol–water partition coefficient (Wildman–Crippen LogP) is 6.92. The molecule has 0 aliphatic carbocycles. The van der Waals surface area contributed by atoms with Crippen molar-refractivity contribution >= 4 is 0 Å². The highest BCUT2D eigenvalue weighted by Crippen LogP contribution is 2.42. The third-order valence-corrected chi connectivity index (χ3v) is 5.80. The van der Waals surface area contributed by atoms with Gasteiger partial charge in [-0.1, -0.05) is 113 Å². The highest BCUT2D eigenvalue weighted by molar-refractivity contribution is 5.43. The van der Waals surface area contributed by atoms with Crippen molar-refractivity contribution in [1.29, 1.82) is 0 Å². The molecule has 3 aromatic carbocycles. The second kappa shape index (κ2) is 7.27. The molecular formula is C25H28. The summed E-state index contributed by atoms with van der Waals surface area (Å²) in [6.45, 7) is 9.42. The quantitative estimate of drug-likeness (QED) is 0.477. The largest absolute Gasteiger partial charge is 0.0622 e. The van der Waals surface area contributed by atoms with Crippen LogP contribution in [0.25, 0.3) is 0 Å². The van der Waals surface area contributed by atoms with Crippen LogP contribution in [0.4, 0.5) is 0 Å². The van der Waals surface area contributed by atoms with Gasteiger partial charge >= 0.3 is 0 Å². The Hall–Kier alpha value is -2.34. The van der Waals surface area contributed by atoms with Gasteiger partial charge in [-0.15, -0.1) is 0 Å². The van der Waals surface area contributed by atoms with Crippen LogP contribution in [0.2, 0.25) is 0 Å². The summed E-state index contributed by atoms with van der Waals surface area (Å²) < 4.78 is 0. The smallest absolute Gasteiger partial charge is 0.00639 e. The van der Waals surface area contributed by atoms with E-state index in [1.165, 1.54) is 22.3 Å². The first kappa shape index (κ1) is 17.5. The van der Waals surface area contributed by atoms with Crippen molar-refractivity contribution in [2.45, 2.75) is 44.9 Å². The fraction of sp³-hybridized carbons (Fsp3) is 0.280. The summed E-state index contributed by atoms with van der Waals surface area (Å²) in [5.74, 6) is 0.831. The molecule has 0 aliphatic heterocycles. The van der Waals surface area contributed by atoms with Crippen molar-refractivity contribution in [1.82, 2.24) is 0 Å². The highest BCUT2D eigenvalue weighted by Gasteiger charge is 2.32. The lowest BCUT2D eigenvalue weighted by Crippen LogP contribution is -2.27. The van der Waals surface area contributed by atoms with Crippen molar-refractivity contribution in [3.05, 3.63) is 107 Å². The van der Waals surface area contributed by atoms with Crippen LogP contribution in [-0.4, -0.2) is 0 Å². The van der Waals surface area contributed by atoms with Gasteiger partial charge < -0.3 is 0 Å². The van der Waals surface area contributed by atoms with Gasteiger partial charge in [0.25, 0.3) is 0 Å². The van der Waals surface area contributed by atoms with E-state index >= 15 is 0 Å². The Morgan fingerprint density at radius 2 is 1.08 bits per heavy atom. The maximum Gasteiger partial charge on any atom is 0.00639 e. The van der Waals surface area contributed by atoms with Crippen molar-refractivity contribution in [2.24, 2.45) is 0 Å². The van der Waals surface area contributed by atoms with Crippen LogP contribution in [0.3, 0.4) is 0 Å². The van der Waals surface area contributed by atoms with E-state index in [9.17, 15) is 0 Å². The van der Waals surface area contributed by atoms with Gasteiger partial charge in [0.05, 0.1) is 0 Å². The molecule has 0 bridgehead atoms. The first-order chi connectivity index (χ1) is 12.0. The molecule has 0 N–H and O–H groups in total. The minimum atomic E-state index is 0.0565. The topological polar surface area (TPSA) is 0 Å². The highest BCUT2D eigenvalue weighted by atomic mass is 14.4. The van der Waals surface area contributed by atoms with Gasteiger partial charge in [-0.05, 0) is 33.6 Å². The van der Waals surface area contributed by atoms with E-state index in [2.05, 4.69) is 113 Å². The summed E-state index contributed by atoms with van der Waals surface area (Å²) in [4.78, 5) is 0. The van der Waals surface area contributed by atoms with Gasteiger partial charge in [0.1, 0.15) is 0 Å². The first-order valence-electron chi connectivity index (χ1n) is 9.21. The summed E-state index contributed by atoms with van der Waals surface area (Å²) in [7, 11) is 0. The standard InChI is InChI=1S/C25H28/c1-19(21-13-7-5-8-14-21)23-17-11-12-18-24(23)25(3,4)20(2)22-15-9-6-10-16-22/h5-20H,1-4H3. The minimum Gasteiger partial charge on any atom is -0.0622 e. The van der Waals surface area contributed by atoms with Crippen molar-refractivity contribution in [3.63, 3.8) is 0 Å². The van der Waals surface area contributed by atoms with E-state index in [1.807, 2.05) is 0 Å². The molecule has 0 spiro atoms. The normalized spacial score (nSPS) is 14.1. The average molecular weight is 328 g/mol. The van der Waals surface area contributed by atoms with Gasteiger partial charge in [-0.25, -0.2) is 0 Å². The molecule has 0 saturated carbocycles. The van der Waals surface area contributed by atoms with Crippen LogP contribution >= 0.6 is 0 Å². The lowest BCUT2D eigenvalue weighted by atomic mass is 9.68. The number of benzene rings is 3. The van der Waals surface area contributed by atoms with Crippen LogP contribution in [0.5, 0.6) is 0 Å². The van der Waals surface area contributed by atoms with Gasteiger partial charge in [0, 0.05) is 5.92 Å². The van der Waals surface area contributed by atoms with E-state index in [0.717, 1.165) is 0 Å². The zero-order valence-corrected chi connectivity index (χ0v) is 15.7. The first-order valence-corrected chi connectivity index (χ1v) is 9.21. The maximum absolute atomic E-state index is 2.38. The van der Waals surface area contributed by atoms with E-state index in [-0.39, 0.29) is 5.41 Å². The second-order valence-corrected chi connectivity index (χ2v) is 7.57. The Kier molecular flexibility index (Phi) is 5.08. The van der Waals surface area contributed by atoms with Crippen molar-refractivity contribution < 1.29 is 0 Å². The van der Waals surface area contributed by atoms with E-state index < -0.39 is 0 Å². The number of rotatable bonds is 5. The molecule has 0 heteroatoms. The Bertz CT molecular complexity index is 800. The van der Waals surface area contributed by atoms with Gasteiger partial charge in [-0.3, -0.25) is 0 Å². The molecule has 3 rings (SSSR count). The van der Waals surface area contributed by atoms with Crippen LogP contribution in [0.15, 0.2) is 84.9 Å². The van der Waals surface area contributed by atoms with Crippen LogP contribution < -0.4 is 0 Å². The molecule has 128 valence electrons. The second-order valence-electron chi connectivity index (χ2n) is 7.57. The molecule has 0 radical (unpaired) electrons. The zero-order valence-electron chi connectivity index (χ0n) is 15.7. The molecule has 0 nitrogen and oxygen atoms in total. The summed E-state index contributed by atoms with van der Waals surface area (Å²) in [6, 6.07) is 30.6. The Balaban J connectivity index is 2.02. The fourth-order valence-corrected chi connectivity index (χ4v) is 3.77. The zero-order chi connectivity index (χ0) is 17.9. The predicted molar refractivity (Wildman–Crippen MR) is 108 cm³/mol. The minimum absolute atomic E-state index is 0.0565. The maximum atomic E-state index is 2.38. The molecule has 0 fully saturated rings. The van der Waals surface area contributed by atoms with Crippen LogP contribution in [-0.2, 0) is 5.41 Å². The molecule has 0 saturated heterocycles. The van der Waals surface area contributed by atoms with Gasteiger partial charge in [-0.2, -0.15) is 0 Å². The SMILES string of the molecule is CC(c1ccccc1)c1ccccc1C(C)(C)C(C)c1ccccc1. The van der Waals surface area contributed by atoms with E-state index in [4.69, 9.17) is 0 Å². The molecular weight excluding hydrogens is 300 g/mol. The third-order valence-electron chi connectivity index (χ3n) is 5.80. The Morgan fingerprint density at radius 3 is 1.68 bits per heavy atom. The van der Waals surface area contributed by atoms with Crippen molar-refractivity contribution in [3.8, 4) is 0 Å². The van der Waals surface area contributed by atoms with Crippen molar-refractivity contribution in [2.75, 3.05) is 0 Å². The lowest BCUT2D eigenvalue weighted by molar-refractivity contribution is 0.432. The lowest BCUT2D eigenvalue weighted by Gasteiger charge is -2.36. The molecule has 0 aromatic heterocycles. The average Bonchev–Trinajstić information content (AvgIpc) is 2.68. The molecule has 3 aromatic rings. The molecule has 25 heavy (non-hydrogen) atoms. The third kappa shape index (κ3) is 3.54. The summed E-state index contributed by atoms with van der Waals surface area (Å²) in [6.07, 6.45) is 0. The number of hydrogen-bond acceptors (Lipinski definition) is 0. The van der Waals surface area contributed by atoms with E-state index in [0.29, 0.717) is 11.8 Å². The molecule has 0 amide bonds. The van der Waals surface area contributed by atoms with Crippen LogP contribution in [0, 0.1) is 0 Å². The monoisotopic (exact) mass is 328 g/mol. The Morgan fingerprint density at radius 1 is 0.600 bits per heavy atom. The van der Waals surface area contributed by atoms with Gasteiger partial charge in [0.2, 0.25) is 0 Å². The number of hydrogen-bond donors (Lipinski definition) is 0. The Labute approximate surface area is 152 Å². The molecule has 0 aliphatic rings. The summed E-state index contributed by atoms with van der Waals surface area (Å²) >= 11 is 0. The van der Waals surface area contributed by atoms with E-state index in [1.54, 1.807) is 0 Å². The molecule has 2 atom stereocenters. The summed E-state index contributed by atoms with van der Waals surface area (Å²) in [5.41, 5.74) is 5.71. The molecule has 0 heterocycles. The fourth-order valence-electron chi connectivity index (χ4n) is 3.77. The van der Waals surface area contributed by atoms with Gasteiger partial charge in [0.15, 0.2) is 0 Å².